The van der Waals surface area contributed by atoms with Gasteiger partial charge in [0, 0.05) is 13.7 Å². The molecule has 0 aliphatic rings. The van der Waals surface area contributed by atoms with Gasteiger partial charge in [-0.05, 0) is 23.3 Å². The van der Waals surface area contributed by atoms with Crippen LogP contribution in [0.4, 0.5) is 0 Å². The van der Waals surface area contributed by atoms with E-state index < -0.39 is 5.54 Å². The Morgan fingerprint density at radius 2 is 1.86 bits per heavy atom. The van der Waals surface area contributed by atoms with Gasteiger partial charge in [0.25, 0.3) is 0 Å². The summed E-state index contributed by atoms with van der Waals surface area (Å²) in [7, 11) is 3.04. The van der Waals surface area contributed by atoms with Gasteiger partial charge < -0.3 is 9.47 Å². The van der Waals surface area contributed by atoms with E-state index in [2.05, 4.69) is 5.32 Å². The van der Waals surface area contributed by atoms with Crippen LogP contribution >= 0.6 is 0 Å². The Bertz CT molecular complexity index is 621. The fourth-order valence-corrected chi connectivity index (χ4v) is 2.55. The number of carbonyl (C=O) groups is 1. The van der Waals surface area contributed by atoms with Crippen molar-refractivity contribution in [3.8, 4) is 0 Å². The first kappa shape index (κ1) is 15.5. The third-order valence-corrected chi connectivity index (χ3v) is 3.71. The van der Waals surface area contributed by atoms with Crippen LogP contribution < -0.4 is 5.32 Å². The van der Waals surface area contributed by atoms with Gasteiger partial charge in [-0.1, -0.05) is 42.5 Å². The highest BCUT2D eigenvalue weighted by atomic mass is 16.5. The van der Waals surface area contributed by atoms with Crippen LogP contribution in [0.15, 0.2) is 42.5 Å². The molecule has 1 N–H and O–H groups in total. The highest BCUT2D eigenvalue weighted by Crippen LogP contribution is 2.29. The number of benzene rings is 2. The van der Waals surface area contributed by atoms with Crippen molar-refractivity contribution in [2.24, 2.45) is 0 Å². The molecule has 4 heteroatoms. The lowest BCUT2D eigenvalue weighted by Crippen LogP contribution is -2.48. The summed E-state index contributed by atoms with van der Waals surface area (Å²) >= 11 is 0. The number of hydrogen-bond donors (Lipinski definition) is 1. The normalized spacial score (nSPS) is 13.9. The molecule has 0 heterocycles. The van der Waals surface area contributed by atoms with Gasteiger partial charge in [-0.25, -0.2) is 4.79 Å². The largest absolute Gasteiger partial charge is 0.467 e. The average Bonchev–Trinajstić information content (AvgIpc) is 2.53. The molecular formula is C17H21NO3. The number of rotatable bonds is 6. The summed E-state index contributed by atoms with van der Waals surface area (Å²) in [4.78, 5) is 12.3. The van der Waals surface area contributed by atoms with Crippen LogP contribution in [-0.4, -0.2) is 33.3 Å². The fraction of sp³-hybridized carbons (Fsp3) is 0.353. The van der Waals surface area contributed by atoms with Crippen molar-refractivity contribution in [1.29, 1.82) is 0 Å². The van der Waals surface area contributed by atoms with E-state index in [1.807, 2.05) is 49.4 Å². The number of ether oxygens (including phenoxy) is 2. The SMILES string of the molecule is COCCNC(C)(C(=O)OC)c1cccc2ccccc12. The van der Waals surface area contributed by atoms with E-state index in [0.717, 1.165) is 16.3 Å². The minimum Gasteiger partial charge on any atom is -0.467 e. The molecule has 2 aromatic rings. The first-order valence-corrected chi connectivity index (χ1v) is 6.94. The minimum absolute atomic E-state index is 0.310. The Morgan fingerprint density at radius 1 is 1.14 bits per heavy atom. The standard InChI is InChI=1S/C17H21NO3/c1-17(16(19)21-3,18-11-12-20-2)15-10-6-8-13-7-4-5-9-14(13)15/h4-10,18H,11-12H2,1-3H3. The van der Waals surface area contributed by atoms with Gasteiger partial charge in [0.1, 0.15) is 5.54 Å². The molecule has 2 aromatic carbocycles. The second-order valence-electron chi connectivity index (χ2n) is 5.06. The molecule has 0 saturated carbocycles. The molecule has 0 amide bonds. The molecule has 0 aliphatic heterocycles. The molecular weight excluding hydrogens is 266 g/mol. The van der Waals surface area contributed by atoms with Crippen LogP contribution in [0.2, 0.25) is 0 Å². The third kappa shape index (κ3) is 3.06. The number of hydrogen-bond acceptors (Lipinski definition) is 4. The summed E-state index contributed by atoms with van der Waals surface area (Å²) < 4.78 is 10.1. The zero-order valence-electron chi connectivity index (χ0n) is 12.7. The summed E-state index contributed by atoms with van der Waals surface area (Å²) in [6.45, 7) is 2.93. The monoisotopic (exact) mass is 287 g/mol. The van der Waals surface area contributed by atoms with Crippen LogP contribution in [0.3, 0.4) is 0 Å². The highest BCUT2D eigenvalue weighted by molar-refractivity contribution is 5.93. The Morgan fingerprint density at radius 3 is 2.57 bits per heavy atom. The molecule has 1 unspecified atom stereocenters. The van der Waals surface area contributed by atoms with Gasteiger partial charge in [0.2, 0.25) is 0 Å². The first-order chi connectivity index (χ1) is 10.1. The fourth-order valence-electron chi connectivity index (χ4n) is 2.55. The molecule has 112 valence electrons. The summed E-state index contributed by atoms with van der Waals surface area (Å²) in [5.74, 6) is -0.310. The maximum atomic E-state index is 12.3. The van der Waals surface area contributed by atoms with Gasteiger partial charge in [0.15, 0.2) is 0 Å². The number of nitrogens with one attached hydrogen (secondary N) is 1. The molecule has 0 bridgehead atoms. The predicted octanol–water partition coefficient (Wildman–Crippen LogP) is 2.46. The maximum absolute atomic E-state index is 12.3. The maximum Gasteiger partial charge on any atom is 0.330 e. The Kier molecular flexibility index (Phi) is 4.94. The third-order valence-electron chi connectivity index (χ3n) is 3.71. The topological polar surface area (TPSA) is 47.6 Å². The highest BCUT2D eigenvalue weighted by Gasteiger charge is 2.37. The predicted molar refractivity (Wildman–Crippen MR) is 83.2 cm³/mol. The van der Waals surface area contributed by atoms with Crippen LogP contribution in [0.1, 0.15) is 12.5 Å². The van der Waals surface area contributed by atoms with Crippen molar-refractivity contribution in [2.45, 2.75) is 12.5 Å². The smallest absolute Gasteiger partial charge is 0.330 e. The Balaban J connectivity index is 2.50. The number of carbonyl (C=O) groups excluding carboxylic acids is 1. The Hall–Kier alpha value is -1.91. The van der Waals surface area contributed by atoms with Crippen molar-refractivity contribution < 1.29 is 14.3 Å². The number of fused-ring (bicyclic) bond motifs is 1. The lowest BCUT2D eigenvalue weighted by Gasteiger charge is -2.29. The number of esters is 1. The average molecular weight is 287 g/mol. The molecule has 0 fully saturated rings. The van der Waals surface area contributed by atoms with E-state index in [0.29, 0.717) is 13.2 Å². The quantitative estimate of drug-likeness (QED) is 0.655. The van der Waals surface area contributed by atoms with Gasteiger partial charge >= 0.3 is 5.97 Å². The lowest BCUT2D eigenvalue weighted by molar-refractivity contribution is -0.148. The summed E-state index contributed by atoms with van der Waals surface area (Å²) in [5, 5.41) is 5.39. The van der Waals surface area contributed by atoms with E-state index in [4.69, 9.17) is 9.47 Å². The van der Waals surface area contributed by atoms with E-state index in [9.17, 15) is 4.79 Å². The van der Waals surface area contributed by atoms with Gasteiger partial charge in [0.05, 0.1) is 13.7 Å². The number of methoxy groups -OCH3 is 2. The zero-order valence-corrected chi connectivity index (χ0v) is 12.7. The zero-order chi connectivity index (χ0) is 15.3. The first-order valence-electron chi connectivity index (χ1n) is 6.94. The summed E-state index contributed by atoms with van der Waals surface area (Å²) in [5.41, 5.74) is -0.00252. The molecule has 1 atom stereocenters. The minimum atomic E-state index is -0.909. The van der Waals surface area contributed by atoms with Gasteiger partial charge in [-0.2, -0.15) is 0 Å². The van der Waals surface area contributed by atoms with Crippen LogP contribution in [-0.2, 0) is 19.8 Å². The molecule has 0 aromatic heterocycles. The van der Waals surface area contributed by atoms with Crippen molar-refractivity contribution in [1.82, 2.24) is 5.32 Å². The molecule has 21 heavy (non-hydrogen) atoms. The molecule has 0 radical (unpaired) electrons. The van der Waals surface area contributed by atoms with E-state index in [-0.39, 0.29) is 5.97 Å². The Labute approximate surface area is 125 Å². The van der Waals surface area contributed by atoms with Crippen molar-refractivity contribution in [3.05, 3.63) is 48.0 Å². The van der Waals surface area contributed by atoms with E-state index >= 15 is 0 Å². The molecule has 0 aliphatic carbocycles. The van der Waals surface area contributed by atoms with Gasteiger partial charge in [-0.3, -0.25) is 5.32 Å². The van der Waals surface area contributed by atoms with E-state index in [1.165, 1.54) is 7.11 Å². The van der Waals surface area contributed by atoms with Crippen LogP contribution in [0, 0.1) is 0 Å². The van der Waals surface area contributed by atoms with Gasteiger partial charge in [-0.15, -0.1) is 0 Å². The van der Waals surface area contributed by atoms with E-state index in [1.54, 1.807) is 7.11 Å². The second kappa shape index (κ2) is 6.70. The lowest BCUT2D eigenvalue weighted by atomic mass is 9.87. The summed E-state index contributed by atoms with van der Waals surface area (Å²) in [6, 6.07) is 14.0. The summed E-state index contributed by atoms with van der Waals surface area (Å²) in [6.07, 6.45) is 0. The van der Waals surface area contributed by atoms with Crippen LogP contribution in [0.5, 0.6) is 0 Å². The van der Waals surface area contributed by atoms with Crippen LogP contribution in [0.25, 0.3) is 10.8 Å². The molecule has 0 saturated heterocycles. The molecule has 0 spiro atoms. The van der Waals surface area contributed by atoms with Crippen molar-refractivity contribution in [3.63, 3.8) is 0 Å². The van der Waals surface area contributed by atoms with Crippen molar-refractivity contribution in [2.75, 3.05) is 27.4 Å². The second-order valence-corrected chi connectivity index (χ2v) is 5.06. The molecule has 2 rings (SSSR count). The molecule has 4 nitrogen and oxygen atoms in total. The van der Waals surface area contributed by atoms with Crippen molar-refractivity contribution >= 4 is 16.7 Å².